The molecule has 108 valence electrons. The van der Waals surface area contributed by atoms with Crippen LogP contribution in [0.5, 0.6) is 0 Å². The first-order valence-corrected chi connectivity index (χ1v) is 7.93. The van der Waals surface area contributed by atoms with E-state index in [2.05, 4.69) is 39.5 Å². The maximum atomic E-state index is 6.46. The van der Waals surface area contributed by atoms with Gasteiger partial charge in [-0.3, -0.25) is 4.90 Å². The van der Waals surface area contributed by atoms with Crippen LogP contribution in [0.3, 0.4) is 0 Å². The fraction of sp³-hybridized carbons (Fsp3) is 1.00. The van der Waals surface area contributed by atoms with Crippen LogP contribution < -0.4 is 5.73 Å². The molecular weight excluding hydrogens is 220 g/mol. The molecule has 3 unspecified atom stereocenters. The monoisotopic (exact) mass is 254 g/mol. The molecule has 2 heteroatoms. The molecule has 2 N–H and O–H groups in total. The van der Waals surface area contributed by atoms with Crippen LogP contribution in [-0.2, 0) is 0 Å². The van der Waals surface area contributed by atoms with Crippen LogP contribution in [-0.4, -0.2) is 29.6 Å². The van der Waals surface area contributed by atoms with Gasteiger partial charge in [-0.2, -0.15) is 0 Å². The fourth-order valence-electron chi connectivity index (χ4n) is 3.61. The maximum absolute atomic E-state index is 6.46. The molecule has 0 aromatic heterocycles. The minimum atomic E-state index is 0.271. The van der Waals surface area contributed by atoms with Crippen molar-refractivity contribution in [2.75, 3.05) is 6.54 Å². The van der Waals surface area contributed by atoms with Crippen molar-refractivity contribution >= 4 is 0 Å². The van der Waals surface area contributed by atoms with Crippen molar-refractivity contribution in [3.63, 3.8) is 0 Å². The highest BCUT2D eigenvalue weighted by molar-refractivity contribution is 4.94. The van der Waals surface area contributed by atoms with Gasteiger partial charge in [0, 0.05) is 18.1 Å². The van der Waals surface area contributed by atoms with Crippen LogP contribution in [0, 0.1) is 5.41 Å². The van der Waals surface area contributed by atoms with E-state index in [0.29, 0.717) is 12.1 Å². The van der Waals surface area contributed by atoms with Crippen molar-refractivity contribution in [2.45, 2.75) is 91.3 Å². The summed E-state index contributed by atoms with van der Waals surface area (Å²) in [6, 6.07) is 1.57. The second-order valence-electron chi connectivity index (χ2n) is 7.03. The van der Waals surface area contributed by atoms with E-state index >= 15 is 0 Å². The lowest BCUT2D eigenvalue weighted by Gasteiger charge is -2.46. The third kappa shape index (κ3) is 3.96. The van der Waals surface area contributed by atoms with Gasteiger partial charge in [-0.15, -0.1) is 0 Å². The van der Waals surface area contributed by atoms with Gasteiger partial charge < -0.3 is 5.73 Å². The van der Waals surface area contributed by atoms with E-state index in [-0.39, 0.29) is 5.41 Å². The highest BCUT2D eigenvalue weighted by atomic mass is 15.2. The molecule has 1 heterocycles. The number of likely N-dealkylation sites (tertiary alicyclic amines) is 1. The van der Waals surface area contributed by atoms with Crippen LogP contribution in [0.25, 0.3) is 0 Å². The molecule has 2 nitrogen and oxygen atoms in total. The van der Waals surface area contributed by atoms with Gasteiger partial charge in [0.1, 0.15) is 0 Å². The molecule has 0 bridgehead atoms. The van der Waals surface area contributed by atoms with Gasteiger partial charge in [-0.05, 0) is 37.6 Å². The Morgan fingerprint density at radius 2 is 1.83 bits per heavy atom. The molecule has 0 radical (unpaired) electrons. The molecule has 18 heavy (non-hydrogen) atoms. The molecule has 3 atom stereocenters. The molecule has 1 aliphatic rings. The summed E-state index contributed by atoms with van der Waals surface area (Å²) in [5.41, 5.74) is 6.73. The molecule has 1 rings (SSSR count). The number of hydrogen-bond donors (Lipinski definition) is 1. The zero-order chi connectivity index (χ0) is 13.8. The SMILES string of the molecule is CCC(N)C(N1CCCCCC1CC)C(C)(C)C. The van der Waals surface area contributed by atoms with Crippen LogP contribution in [0.2, 0.25) is 0 Å². The van der Waals surface area contributed by atoms with Gasteiger partial charge in [-0.1, -0.05) is 47.5 Å². The lowest BCUT2D eigenvalue weighted by molar-refractivity contribution is 0.0395. The molecule has 1 saturated heterocycles. The molecule has 0 amide bonds. The molecule has 0 aromatic rings. The zero-order valence-corrected chi connectivity index (χ0v) is 13.2. The lowest BCUT2D eigenvalue weighted by atomic mass is 9.79. The smallest absolute Gasteiger partial charge is 0.0298 e. The first-order valence-electron chi connectivity index (χ1n) is 7.93. The summed E-state index contributed by atoms with van der Waals surface area (Å²) >= 11 is 0. The van der Waals surface area contributed by atoms with E-state index in [0.717, 1.165) is 12.5 Å². The summed E-state index contributed by atoms with van der Waals surface area (Å²) in [4.78, 5) is 2.75. The standard InChI is InChI=1S/C16H34N2/c1-6-13-11-9-8-10-12-18(13)15(14(17)7-2)16(3,4)5/h13-15H,6-12,17H2,1-5H3. The predicted molar refractivity (Wildman–Crippen MR) is 80.8 cm³/mol. The van der Waals surface area contributed by atoms with Gasteiger partial charge in [-0.25, -0.2) is 0 Å². The molecule has 0 saturated carbocycles. The van der Waals surface area contributed by atoms with E-state index in [1.165, 1.54) is 38.6 Å². The summed E-state index contributed by atoms with van der Waals surface area (Å²) in [5.74, 6) is 0. The highest BCUT2D eigenvalue weighted by Gasteiger charge is 2.37. The number of hydrogen-bond acceptors (Lipinski definition) is 2. The average Bonchev–Trinajstić information content (AvgIpc) is 2.52. The Kier molecular flexibility index (Phi) is 6.13. The summed E-state index contributed by atoms with van der Waals surface area (Å²) in [7, 11) is 0. The van der Waals surface area contributed by atoms with Crippen molar-refractivity contribution < 1.29 is 0 Å². The Bertz CT molecular complexity index is 232. The third-order valence-electron chi connectivity index (χ3n) is 4.52. The summed E-state index contributed by atoms with van der Waals surface area (Å²) < 4.78 is 0. The van der Waals surface area contributed by atoms with Crippen LogP contribution in [0.15, 0.2) is 0 Å². The Morgan fingerprint density at radius 3 is 2.33 bits per heavy atom. The summed E-state index contributed by atoms with van der Waals surface area (Å²) in [6.45, 7) is 12.9. The van der Waals surface area contributed by atoms with Gasteiger partial charge in [0.05, 0.1) is 0 Å². The minimum Gasteiger partial charge on any atom is -0.326 e. The van der Waals surface area contributed by atoms with Crippen molar-refractivity contribution in [3.05, 3.63) is 0 Å². The van der Waals surface area contributed by atoms with Crippen LogP contribution in [0.1, 0.15) is 73.1 Å². The summed E-state index contributed by atoms with van der Waals surface area (Å²) in [6.07, 6.45) is 7.84. The zero-order valence-electron chi connectivity index (χ0n) is 13.2. The van der Waals surface area contributed by atoms with Gasteiger partial charge in [0.25, 0.3) is 0 Å². The van der Waals surface area contributed by atoms with Crippen molar-refractivity contribution in [1.29, 1.82) is 0 Å². The van der Waals surface area contributed by atoms with E-state index < -0.39 is 0 Å². The van der Waals surface area contributed by atoms with E-state index in [9.17, 15) is 0 Å². The van der Waals surface area contributed by atoms with Crippen molar-refractivity contribution in [2.24, 2.45) is 11.1 Å². The average molecular weight is 254 g/mol. The molecular formula is C16H34N2. The molecule has 0 aromatic carbocycles. The lowest BCUT2D eigenvalue weighted by Crippen LogP contribution is -2.57. The number of rotatable bonds is 4. The van der Waals surface area contributed by atoms with E-state index in [1.54, 1.807) is 0 Å². The molecule has 0 spiro atoms. The number of nitrogens with zero attached hydrogens (tertiary/aromatic N) is 1. The van der Waals surface area contributed by atoms with Gasteiger partial charge in [0.15, 0.2) is 0 Å². The molecule has 1 aliphatic heterocycles. The normalized spacial score (nSPS) is 26.7. The topological polar surface area (TPSA) is 29.3 Å². The van der Waals surface area contributed by atoms with Crippen LogP contribution in [0.4, 0.5) is 0 Å². The Labute approximate surface area is 114 Å². The fourth-order valence-corrected chi connectivity index (χ4v) is 3.61. The predicted octanol–water partition coefficient (Wildman–Crippen LogP) is 3.79. The van der Waals surface area contributed by atoms with Crippen molar-refractivity contribution in [1.82, 2.24) is 4.90 Å². The highest BCUT2D eigenvalue weighted by Crippen LogP contribution is 2.32. The first-order chi connectivity index (χ1) is 8.41. The quantitative estimate of drug-likeness (QED) is 0.827. The molecule has 0 aliphatic carbocycles. The number of nitrogens with two attached hydrogens (primary N) is 1. The van der Waals surface area contributed by atoms with Gasteiger partial charge in [0.2, 0.25) is 0 Å². The largest absolute Gasteiger partial charge is 0.326 e. The van der Waals surface area contributed by atoms with E-state index in [1.807, 2.05) is 0 Å². The maximum Gasteiger partial charge on any atom is 0.0298 e. The minimum absolute atomic E-state index is 0.271. The Hall–Kier alpha value is -0.0800. The first kappa shape index (κ1) is 16.0. The third-order valence-corrected chi connectivity index (χ3v) is 4.52. The van der Waals surface area contributed by atoms with Crippen LogP contribution >= 0.6 is 0 Å². The van der Waals surface area contributed by atoms with Gasteiger partial charge >= 0.3 is 0 Å². The Balaban J connectivity index is 2.93. The van der Waals surface area contributed by atoms with E-state index in [4.69, 9.17) is 5.73 Å². The Morgan fingerprint density at radius 1 is 1.17 bits per heavy atom. The second-order valence-corrected chi connectivity index (χ2v) is 7.03. The summed E-state index contributed by atoms with van der Waals surface area (Å²) in [5, 5.41) is 0. The molecule has 1 fully saturated rings. The second kappa shape index (κ2) is 6.91. The van der Waals surface area contributed by atoms with Crippen molar-refractivity contribution in [3.8, 4) is 0 Å².